The van der Waals surface area contributed by atoms with Crippen molar-refractivity contribution >= 4 is 29.1 Å². The highest BCUT2D eigenvalue weighted by atomic mass is 35.5. The minimum Gasteiger partial charge on any atom is -0.492 e. The van der Waals surface area contributed by atoms with Crippen molar-refractivity contribution in [2.75, 3.05) is 6.61 Å². The second kappa shape index (κ2) is 7.37. The van der Waals surface area contributed by atoms with Crippen molar-refractivity contribution in [3.8, 4) is 5.75 Å². The average molecular weight is 277 g/mol. The number of benzene rings is 1. The molecule has 3 N–H and O–H groups in total. The van der Waals surface area contributed by atoms with E-state index in [0.29, 0.717) is 35.2 Å². The maximum Gasteiger partial charge on any atom is 0.233 e. The number of nitrogens with two attached hydrogens (primary N) is 1. The van der Waals surface area contributed by atoms with Gasteiger partial charge in [-0.3, -0.25) is 10.2 Å². The molecule has 1 amide bonds. The van der Waals surface area contributed by atoms with Gasteiger partial charge in [-0.2, -0.15) is 0 Å². The van der Waals surface area contributed by atoms with Crippen LogP contribution in [0.3, 0.4) is 0 Å². The predicted molar refractivity (Wildman–Crippen MR) is 68.1 cm³/mol. The summed E-state index contributed by atoms with van der Waals surface area (Å²) in [6.07, 6.45) is 1.85. The average Bonchev–Trinajstić information content (AvgIpc) is 2.32. The van der Waals surface area contributed by atoms with E-state index in [0.717, 1.165) is 6.42 Å². The van der Waals surface area contributed by atoms with Gasteiger partial charge in [0, 0.05) is 17.5 Å². The van der Waals surface area contributed by atoms with Crippen molar-refractivity contribution in [3.63, 3.8) is 0 Å². The van der Waals surface area contributed by atoms with Crippen molar-refractivity contribution in [3.05, 3.63) is 28.2 Å². The molecule has 0 fully saturated rings. The zero-order chi connectivity index (χ0) is 12.7. The Labute approximate surface area is 110 Å². The lowest BCUT2D eigenvalue weighted by molar-refractivity contribution is -0.121. The van der Waals surface area contributed by atoms with Crippen molar-refractivity contribution < 1.29 is 9.53 Å². The highest BCUT2D eigenvalue weighted by Crippen LogP contribution is 2.27. The van der Waals surface area contributed by atoms with Gasteiger partial charge in [-0.25, -0.2) is 5.84 Å². The standard InChI is InChI=1S/C11H14Cl2N2O2/c12-8-4-5-9(13)10(7-8)17-6-2-1-3-11(16)15-14/h4-5,7H,1-3,6,14H2,(H,15,16). The van der Waals surface area contributed by atoms with Crippen LogP contribution in [0.25, 0.3) is 0 Å². The van der Waals surface area contributed by atoms with E-state index in [4.69, 9.17) is 33.8 Å². The monoisotopic (exact) mass is 276 g/mol. The summed E-state index contributed by atoms with van der Waals surface area (Å²) in [6.45, 7) is 0.484. The Morgan fingerprint density at radius 1 is 1.35 bits per heavy atom. The van der Waals surface area contributed by atoms with Gasteiger partial charge in [-0.1, -0.05) is 23.2 Å². The molecule has 0 aliphatic rings. The Morgan fingerprint density at radius 3 is 2.82 bits per heavy atom. The topological polar surface area (TPSA) is 64.3 Å². The molecule has 0 atom stereocenters. The summed E-state index contributed by atoms with van der Waals surface area (Å²) in [7, 11) is 0. The van der Waals surface area contributed by atoms with E-state index in [1.165, 1.54) is 0 Å². The number of carbonyl (C=O) groups is 1. The number of carbonyl (C=O) groups excluding carboxylic acids is 1. The number of halogens is 2. The van der Waals surface area contributed by atoms with E-state index in [2.05, 4.69) is 5.43 Å². The van der Waals surface area contributed by atoms with Crippen LogP contribution in [0, 0.1) is 0 Å². The lowest BCUT2D eigenvalue weighted by atomic mass is 10.2. The van der Waals surface area contributed by atoms with Gasteiger partial charge >= 0.3 is 0 Å². The summed E-state index contributed by atoms with van der Waals surface area (Å²) < 4.78 is 5.45. The Morgan fingerprint density at radius 2 is 2.12 bits per heavy atom. The fourth-order valence-electron chi connectivity index (χ4n) is 1.23. The molecule has 0 saturated carbocycles. The summed E-state index contributed by atoms with van der Waals surface area (Å²) in [4.78, 5) is 10.8. The van der Waals surface area contributed by atoms with Crippen LogP contribution in [-0.4, -0.2) is 12.5 Å². The molecule has 1 aromatic carbocycles. The van der Waals surface area contributed by atoms with Gasteiger partial charge in [-0.05, 0) is 25.0 Å². The quantitative estimate of drug-likeness (QED) is 0.363. The largest absolute Gasteiger partial charge is 0.492 e. The fourth-order valence-corrected chi connectivity index (χ4v) is 1.56. The van der Waals surface area contributed by atoms with Gasteiger partial charge < -0.3 is 4.74 Å². The minimum absolute atomic E-state index is 0.175. The number of hydrogen-bond acceptors (Lipinski definition) is 3. The number of hydrazine groups is 1. The molecular weight excluding hydrogens is 263 g/mol. The third kappa shape index (κ3) is 5.26. The van der Waals surface area contributed by atoms with Crippen molar-refractivity contribution in [2.45, 2.75) is 19.3 Å². The first-order valence-corrected chi connectivity index (χ1v) is 5.96. The van der Waals surface area contributed by atoms with E-state index in [1.807, 2.05) is 0 Å². The van der Waals surface area contributed by atoms with Gasteiger partial charge in [0.1, 0.15) is 5.75 Å². The number of amides is 1. The van der Waals surface area contributed by atoms with Gasteiger partial charge in [0.05, 0.1) is 11.6 Å². The number of ether oxygens (including phenoxy) is 1. The molecule has 0 unspecified atom stereocenters. The number of nitrogens with one attached hydrogen (secondary N) is 1. The molecule has 4 nitrogen and oxygen atoms in total. The van der Waals surface area contributed by atoms with Gasteiger partial charge in [0.2, 0.25) is 5.91 Å². The summed E-state index contributed by atoms with van der Waals surface area (Å²) in [5, 5.41) is 1.10. The van der Waals surface area contributed by atoms with Gasteiger partial charge in [0.25, 0.3) is 0 Å². The second-order valence-electron chi connectivity index (χ2n) is 3.45. The van der Waals surface area contributed by atoms with Crippen molar-refractivity contribution in [1.82, 2.24) is 5.43 Å². The van der Waals surface area contributed by atoms with E-state index in [9.17, 15) is 4.79 Å². The Bertz CT molecular complexity index is 386. The van der Waals surface area contributed by atoms with E-state index in [-0.39, 0.29) is 5.91 Å². The lowest BCUT2D eigenvalue weighted by Gasteiger charge is -2.08. The third-order valence-electron chi connectivity index (χ3n) is 2.11. The molecule has 0 radical (unpaired) electrons. The number of hydrogen-bond donors (Lipinski definition) is 2. The van der Waals surface area contributed by atoms with Gasteiger partial charge in [-0.15, -0.1) is 0 Å². The summed E-state index contributed by atoms with van der Waals surface area (Å²) in [5.74, 6) is 5.33. The van der Waals surface area contributed by atoms with E-state index in [1.54, 1.807) is 18.2 Å². The zero-order valence-corrected chi connectivity index (χ0v) is 10.7. The molecule has 1 aromatic rings. The van der Waals surface area contributed by atoms with E-state index < -0.39 is 0 Å². The van der Waals surface area contributed by atoms with Crippen LogP contribution < -0.4 is 16.0 Å². The normalized spacial score (nSPS) is 10.1. The molecule has 17 heavy (non-hydrogen) atoms. The molecule has 0 spiro atoms. The SMILES string of the molecule is NNC(=O)CCCCOc1cc(Cl)ccc1Cl. The maximum absolute atomic E-state index is 10.8. The zero-order valence-electron chi connectivity index (χ0n) is 9.21. The van der Waals surface area contributed by atoms with Crippen LogP contribution in [0.5, 0.6) is 5.75 Å². The third-order valence-corrected chi connectivity index (χ3v) is 2.66. The first-order chi connectivity index (χ1) is 8.13. The van der Waals surface area contributed by atoms with Crippen LogP contribution in [-0.2, 0) is 4.79 Å². The molecule has 0 aliphatic heterocycles. The van der Waals surface area contributed by atoms with Crippen LogP contribution in [0.2, 0.25) is 10.0 Å². The molecule has 94 valence electrons. The van der Waals surface area contributed by atoms with Crippen LogP contribution in [0.15, 0.2) is 18.2 Å². The molecule has 0 bridgehead atoms. The number of unbranched alkanes of at least 4 members (excludes halogenated alkanes) is 1. The summed E-state index contributed by atoms with van der Waals surface area (Å²) in [5.41, 5.74) is 2.07. The molecule has 1 rings (SSSR count). The molecule has 6 heteroatoms. The molecule has 0 aromatic heterocycles. The van der Waals surface area contributed by atoms with Crippen LogP contribution in [0.1, 0.15) is 19.3 Å². The number of rotatable bonds is 6. The highest BCUT2D eigenvalue weighted by Gasteiger charge is 2.03. The molecule has 0 saturated heterocycles. The fraction of sp³-hybridized carbons (Fsp3) is 0.364. The highest BCUT2D eigenvalue weighted by molar-refractivity contribution is 6.34. The van der Waals surface area contributed by atoms with E-state index >= 15 is 0 Å². The minimum atomic E-state index is -0.175. The molecular formula is C11H14Cl2N2O2. The molecule has 0 aliphatic carbocycles. The van der Waals surface area contributed by atoms with Crippen LogP contribution >= 0.6 is 23.2 Å². The maximum atomic E-state index is 10.8. The lowest BCUT2D eigenvalue weighted by Crippen LogP contribution is -2.29. The Hall–Kier alpha value is -0.970. The molecule has 0 heterocycles. The Balaban J connectivity index is 2.26. The van der Waals surface area contributed by atoms with Gasteiger partial charge in [0.15, 0.2) is 0 Å². The summed E-state index contributed by atoms with van der Waals surface area (Å²) in [6, 6.07) is 5.04. The van der Waals surface area contributed by atoms with Crippen molar-refractivity contribution in [2.24, 2.45) is 5.84 Å². The second-order valence-corrected chi connectivity index (χ2v) is 4.29. The first-order valence-electron chi connectivity index (χ1n) is 5.21. The van der Waals surface area contributed by atoms with Crippen molar-refractivity contribution in [1.29, 1.82) is 0 Å². The predicted octanol–water partition coefficient (Wildman–Crippen LogP) is 2.53. The Kier molecular flexibility index (Phi) is 6.11. The first kappa shape index (κ1) is 14.1. The van der Waals surface area contributed by atoms with Crippen LogP contribution in [0.4, 0.5) is 0 Å². The summed E-state index contributed by atoms with van der Waals surface area (Å²) >= 11 is 11.7. The smallest absolute Gasteiger partial charge is 0.233 e.